The lowest BCUT2D eigenvalue weighted by Gasteiger charge is -2.06. The molecule has 0 aliphatic heterocycles. The normalized spacial score (nSPS) is 11.0. The number of ether oxygens (including phenoxy) is 1. The van der Waals surface area contributed by atoms with Crippen LogP contribution in [0.5, 0.6) is 0 Å². The van der Waals surface area contributed by atoms with E-state index in [9.17, 15) is 14.4 Å². The number of esters is 1. The molecule has 1 N–H and O–H groups in total. The maximum absolute atomic E-state index is 12.4. The third-order valence-electron chi connectivity index (χ3n) is 5.59. The smallest absolute Gasteiger partial charge is 0.331 e. The van der Waals surface area contributed by atoms with Crippen molar-refractivity contribution in [3.8, 4) is 0 Å². The highest BCUT2D eigenvalue weighted by molar-refractivity contribution is 5.99. The number of Topliss-reactive ketones (excluding diaryl/α,β-unsaturated/α-hetero) is 1. The van der Waals surface area contributed by atoms with Gasteiger partial charge in [0, 0.05) is 35.0 Å². The van der Waals surface area contributed by atoms with Crippen molar-refractivity contribution < 1.29 is 19.1 Å². The van der Waals surface area contributed by atoms with Gasteiger partial charge >= 0.3 is 5.97 Å². The lowest BCUT2D eigenvalue weighted by atomic mass is 10.1. The van der Waals surface area contributed by atoms with Crippen molar-refractivity contribution in [2.24, 2.45) is 0 Å². The number of aromatic nitrogens is 2. The van der Waals surface area contributed by atoms with Gasteiger partial charge in [0.25, 0.3) is 0 Å². The third-order valence-corrected chi connectivity index (χ3v) is 5.59. The fraction of sp³-hybridized carbons (Fsp3) is 0.286. The minimum Gasteiger partial charge on any atom is -0.454 e. The number of carbonyl (C=O) groups is 3. The first-order chi connectivity index (χ1) is 16.8. The Morgan fingerprint density at radius 1 is 1.00 bits per heavy atom. The third kappa shape index (κ3) is 7.24. The molecule has 1 amide bonds. The second kappa shape index (κ2) is 11.9. The zero-order valence-electron chi connectivity index (χ0n) is 20.6. The van der Waals surface area contributed by atoms with Crippen LogP contribution < -0.4 is 5.32 Å². The molecule has 3 rings (SSSR count). The number of nitrogens with one attached hydrogen (secondary N) is 1. The molecule has 3 aromatic rings. The van der Waals surface area contributed by atoms with Gasteiger partial charge < -0.3 is 10.1 Å². The van der Waals surface area contributed by atoms with E-state index >= 15 is 0 Å². The molecule has 0 saturated heterocycles. The van der Waals surface area contributed by atoms with Crippen molar-refractivity contribution in [2.75, 3.05) is 11.9 Å². The Labute approximate surface area is 205 Å². The summed E-state index contributed by atoms with van der Waals surface area (Å²) in [7, 11) is 0. The second-order valence-corrected chi connectivity index (χ2v) is 8.47. The number of carbonyl (C=O) groups excluding carboxylic acids is 3. The van der Waals surface area contributed by atoms with Gasteiger partial charge in [-0.2, -0.15) is 5.10 Å². The molecule has 2 aromatic carbocycles. The Morgan fingerprint density at radius 3 is 2.34 bits per heavy atom. The van der Waals surface area contributed by atoms with E-state index in [1.807, 2.05) is 25.5 Å². The van der Waals surface area contributed by atoms with Gasteiger partial charge in [0.2, 0.25) is 5.91 Å². The molecule has 0 bridgehead atoms. The maximum atomic E-state index is 12.4. The van der Waals surface area contributed by atoms with Crippen LogP contribution in [0.25, 0.3) is 6.08 Å². The van der Waals surface area contributed by atoms with Gasteiger partial charge in [0.15, 0.2) is 12.4 Å². The maximum Gasteiger partial charge on any atom is 0.331 e. The van der Waals surface area contributed by atoms with Crippen LogP contribution in [0.15, 0.2) is 54.6 Å². The van der Waals surface area contributed by atoms with Crippen molar-refractivity contribution in [3.05, 3.63) is 88.2 Å². The summed E-state index contributed by atoms with van der Waals surface area (Å²) in [6.45, 7) is 8.10. The predicted molar refractivity (Wildman–Crippen MR) is 136 cm³/mol. The Hall–Kier alpha value is -4.00. The molecular weight excluding hydrogens is 442 g/mol. The molecule has 7 nitrogen and oxygen atoms in total. The largest absolute Gasteiger partial charge is 0.454 e. The molecule has 0 spiro atoms. The number of hydrogen-bond donors (Lipinski definition) is 1. The molecule has 1 aromatic heterocycles. The van der Waals surface area contributed by atoms with Crippen LogP contribution in [-0.2, 0) is 20.9 Å². The number of ketones is 1. The first-order valence-corrected chi connectivity index (χ1v) is 11.6. The number of nitrogens with zero attached hydrogens (tertiary/aromatic N) is 2. The van der Waals surface area contributed by atoms with Crippen molar-refractivity contribution in [2.45, 2.75) is 47.1 Å². The molecular formula is C28H31N3O4. The fourth-order valence-corrected chi connectivity index (χ4v) is 3.58. The number of hydrogen-bond acceptors (Lipinski definition) is 5. The highest BCUT2D eigenvalue weighted by Gasteiger charge is 2.12. The molecule has 7 heteroatoms. The van der Waals surface area contributed by atoms with Crippen LogP contribution in [0.4, 0.5) is 5.69 Å². The quantitative estimate of drug-likeness (QED) is 0.253. The second-order valence-electron chi connectivity index (χ2n) is 8.47. The van der Waals surface area contributed by atoms with E-state index in [-0.39, 0.29) is 18.3 Å². The molecule has 0 atom stereocenters. The molecule has 0 aliphatic carbocycles. The van der Waals surface area contributed by atoms with E-state index in [0.29, 0.717) is 24.2 Å². The SMILES string of the molecule is CCCC(=O)Nc1ccc(C(=O)COC(=O)/C=C/c2c(C)nn(Cc3ccc(C)cc3)c2C)cc1. The van der Waals surface area contributed by atoms with Gasteiger partial charge in [-0.05, 0) is 63.1 Å². The number of aryl methyl sites for hydroxylation is 2. The van der Waals surface area contributed by atoms with Gasteiger partial charge in [-0.25, -0.2) is 4.79 Å². The minimum absolute atomic E-state index is 0.0709. The van der Waals surface area contributed by atoms with E-state index in [1.54, 1.807) is 30.3 Å². The van der Waals surface area contributed by atoms with Gasteiger partial charge in [-0.15, -0.1) is 0 Å². The lowest BCUT2D eigenvalue weighted by Crippen LogP contribution is -2.13. The topological polar surface area (TPSA) is 90.3 Å². The summed E-state index contributed by atoms with van der Waals surface area (Å²) in [5.74, 6) is -0.998. The van der Waals surface area contributed by atoms with Crippen LogP contribution in [0, 0.1) is 20.8 Å². The monoisotopic (exact) mass is 473 g/mol. The van der Waals surface area contributed by atoms with E-state index < -0.39 is 5.97 Å². The summed E-state index contributed by atoms with van der Waals surface area (Å²) in [6, 6.07) is 14.8. The van der Waals surface area contributed by atoms with Gasteiger partial charge in [0.1, 0.15) is 0 Å². The molecule has 0 aliphatic rings. The standard InChI is InChI=1S/C28H31N3O4/c1-5-6-27(33)29-24-13-11-23(12-14-24)26(32)18-35-28(34)16-15-25-20(3)30-31(21(25)4)17-22-9-7-19(2)8-10-22/h7-16H,5-6,17-18H2,1-4H3,(H,29,33)/b16-15+. The first kappa shape index (κ1) is 25.6. The zero-order valence-corrected chi connectivity index (χ0v) is 20.6. The van der Waals surface area contributed by atoms with Crippen molar-refractivity contribution in [3.63, 3.8) is 0 Å². The summed E-state index contributed by atoms with van der Waals surface area (Å²) in [5, 5.41) is 7.35. The Kier molecular flexibility index (Phi) is 8.73. The fourth-order valence-electron chi connectivity index (χ4n) is 3.58. The van der Waals surface area contributed by atoms with Crippen LogP contribution in [-0.4, -0.2) is 34.0 Å². The van der Waals surface area contributed by atoms with E-state index in [2.05, 4.69) is 41.6 Å². The van der Waals surface area contributed by atoms with E-state index in [0.717, 1.165) is 28.9 Å². The molecule has 0 saturated carbocycles. The molecule has 1 heterocycles. The lowest BCUT2D eigenvalue weighted by molar-refractivity contribution is -0.136. The van der Waals surface area contributed by atoms with Crippen molar-refractivity contribution in [1.29, 1.82) is 0 Å². The summed E-state index contributed by atoms with van der Waals surface area (Å²) < 4.78 is 7.03. The first-order valence-electron chi connectivity index (χ1n) is 11.6. The highest BCUT2D eigenvalue weighted by atomic mass is 16.5. The van der Waals surface area contributed by atoms with Crippen LogP contribution >= 0.6 is 0 Å². The van der Waals surface area contributed by atoms with Gasteiger partial charge in [-0.3, -0.25) is 14.3 Å². The summed E-state index contributed by atoms with van der Waals surface area (Å²) >= 11 is 0. The van der Waals surface area contributed by atoms with Crippen LogP contribution in [0.3, 0.4) is 0 Å². The predicted octanol–water partition coefficient (Wildman–Crippen LogP) is 5.03. The average Bonchev–Trinajstić information content (AvgIpc) is 3.10. The number of amides is 1. The van der Waals surface area contributed by atoms with Crippen molar-refractivity contribution >= 4 is 29.4 Å². The Morgan fingerprint density at radius 2 is 1.69 bits per heavy atom. The molecule has 182 valence electrons. The minimum atomic E-state index is -0.605. The number of anilines is 1. The number of rotatable bonds is 10. The van der Waals surface area contributed by atoms with E-state index in [1.165, 1.54) is 11.6 Å². The summed E-state index contributed by atoms with van der Waals surface area (Å²) in [6.07, 6.45) is 4.19. The zero-order chi connectivity index (χ0) is 25.4. The van der Waals surface area contributed by atoms with Crippen molar-refractivity contribution in [1.82, 2.24) is 9.78 Å². The number of benzene rings is 2. The average molecular weight is 474 g/mol. The van der Waals surface area contributed by atoms with Crippen LogP contribution in [0.2, 0.25) is 0 Å². The van der Waals surface area contributed by atoms with E-state index in [4.69, 9.17) is 4.74 Å². The molecule has 0 fully saturated rings. The molecule has 0 radical (unpaired) electrons. The molecule has 0 unspecified atom stereocenters. The van der Waals surface area contributed by atoms with Gasteiger partial charge in [-0.1, -0.05) is 36.8 Å². The van der Waals surface area contributed by atoms with Gasteiger partial charge in [0.05, 0.1) is 12.2 Å². The van der Waals surface area contributed by atoms with Crippen LogP contribution in [0.1, 0.15) is 58.2 Å². The summed E-state index contributed by atoms with van der Waals surface area (Å²) in [4.78, 5) is 36.2. The molecule has 35 heavy (non-hydrogen) atoms. The highest BCUT2D eigenvalue weighted by Crippen LogP contribution is 2.17. The summed E-state index contributed by atoms with van der Waals surface area (Å²) in [5.41, 5.74) is 5.96. The Balaban J connectivity index is 1.55. The Bertz CT molecular complexity index is 1220.